The van der Waals surface area contributed by atoms with Crippen molar-refractivity contribution < 1.29 is 21.6 Å². The van der Waals surface area contributed by atoms with E-state index in [1.807, 2.05) is 6.92 Å². The first kappa shape index (κ1) is 22.3. The Balaban J connectivity index is 1.94. The number of sulfonamides is 2. The fourth-order valence-electron chi connectivity index (χ4n) is 2.11. The van der Waals surface area contributed by atoms with Gasteiger partial charge >= 0.3 is 0 Å². The summed E-state index contributed by atoms with van der Waals surface area (Å²) in [5.74, 6) is -0.447. The zero-order chi connectivity index (χ0) is 21.1. The predicted molar refractivity (Wildman–Crippen MR) is 109 cm³/mol. The van der Waals surface area contributed by atoms with Gasteiger partial charge in [0.15, 0.2) is 5.13 Å². The van der Waals surface area contributed by atoms with Crippen LogP contribution in [0.25, 0.3) is 0 Å². The monoisotopic (exact) mass is 446 g/mol. The molecule has 0 aliphatic rings. The van der Waals surface area contributed by atoms with Gasteiger partial charge < -0.3 is 5.32 Å². The highest BCUT2D eigenvalue weighted by Crippen LogP contribution is 2.26. The Hall–Kier alpha value is -2.02. The van der Waals surface area contributed by atoms with Crippen molar-refractivity contribution in [2.45, 2.75) is 18.7 Å². The Kier molecular flexibility index (Phi) is 6.80. The number of carbonyl (C=O) groups is 1. The summed E-state index contributed by atoms with van der Waals surface area (Å²) in [6, 6.07) is 6.43. The molecule has 9 nitrogen and oxygen atoms in total. The van der Waals surface area contributed by atoms with E-state index in [1.165, 1.54) is 19.2 Å². The average molecular weight is 447 g/mol. The Morgan fingerprint density at radius 3 is 2.29 bits per heavy atom. The Labute approximate surface area is 168 Å². The number of thiazole rings is 1. The smallest absolute Gasteiger partial charge is 0.263 e. The van der Waals surface area contributed by atoms with Crippen LogP contribution < -0.4 is 14.3 Å². The molecular weight excluding hydrogens is 424 g/mol. The third-order valence-corrected chi connectivity index (χ3v) is 7.79. The number of hydrogen-bond donors (Lipinski definition) is 2. The van der Waals surface area contributed by atoms with Gasteiger partial charge in [-0.15, -0.1) is 0 Å². The van der Waals surface area contributed by atoms with Gasteiger partial charge in [0.2, 0.25) is 20.0 Å². The molecule has 0 radical (unpaired) electrons. The molecule has 0 saturated carbocycles. The molecule has 0 aliphatic carbocycles. The molecule has 28 heavy (non-hydrogen) atoms. The normalized spacial score (nSPS) is 12.0. The number of amides is 1. The summed E-state index contributed by atoms with van der Waals surface area (Å²) in [4.78, 5) is 16.8. The lowest BCUT2D eigenvalue weighted by molar-refractivity contribution is 0.0957. The number of rotatable bonds is 8. The maximum atomic E-state index is 12.3. The zero-order valence-corrected chi connectivity index (χ0v) is 18.3. The molecule has 12 heteroatoms. The van der Waals surface area contributed by atoms with Gasteiger partial charge in [0.1, 0.15) is 4.88 Å². The highest BCUT2D eigenvalue weighted by Gasteiger charge is 2.21. The van der Waals surface area contributed by atoms with Crippen LogP contribution in [0.2, 0.25) is 0 Å². The van der Waals surface area contributed by atoms with E-state index in [2.05, 4.69) is 15.0 Å². The van der Waals surface area contributed by atoms with E-state index in [9.17, 15) is 21.6 Å². The maximum Gasteiger partial charge on any atom is 0.263 e. The van der Waals surface area contributed by atoms with Crippen molar-refractivity contribution in [2.24, 2.45) is 0 Å². The fraction of sp³-hybridized carbons (Fsp3) is 0.375. The molecule has 2 rings (SSSR count). The zero-order valence-electron chi connectivity index (χ0n) is 15.9. The molecule has 154 valence electrons. The van der Waals surface area contributed by atoms with Gasteiger partial charge in [0.05, 0.1) is 16.8 Å². The topological polar surface area (TPSA) is 126 Å². The van der Waals surface area contributed by atoms with E-state index >= 15 is 0 Å². The molecule has 0 atom stereocenters. The van der Waals surface area contributed by atoms with Crippen molar-refractivity contribution >= 4 is 42.4 Å². The van der Waals surface area contributed by atoms with Crippen LogP contribution >= 0.6 is 11.3 Å². The first-order valence-corrected chi connectivity index (χ1v) is 12.3. The molecular formula is C16H22N4O5S3. The van der Waals surface area contributed by atoms with Gasteiger partial charge in [-0.1, -0.05) is 29.0 Å². The van der Waals surface area contributed by atoms with E-state index in [1.54, 1.807) is 19.1 Å². The average Bonchev–Trinajstić information content (AvgIpc) is 2.99. The molecule has 1 aromatic heterocycles. The lowest BCUT2D eigenvalue weighted by Gasteiger charge is -2.11. The third-order valence-electron chi connectivity index (χ3n) is 3.79. The molecule has 0 fully saturated rings. The number of carbonyl (C=O) groups excluding carboxylic acids is 1. The van der Waals surface area contributed by atoms with E-state index in [-0.39, 0.29) is 28.0 Å². The SMILES string of the molecule is Cc1ccc(S(=O)(=O)NCCNC(=O)c2sc(N(C)S(C)(=O)=O)nc2C)cc1. The molecule has 0 aliphatic heterocycles. The van der Waals surface area contributed by atoms with Crippen molar-refractivity contribution in [3.8, 4) is 0 Å². The Morgan fingerprint density at radius 1 is 1.11 bits per heavy atom. The molecule has 2 N–H and O–H groups in total. The summed E-state index contributed by atoms with van der Waals surface area (Å²) in [6.07, 6.45) is 1.05. The number of nitrogens with zero attached hydrogens (tertiary/aromatic N) is 2. The summed E-state index contributed by atoms with van der Waals surface area (Å²) in [6.45, 7) is 3.54. The summed E-state index contributed by atoms with van der Waals surface area (Å²) in [7, 11) is -5.78. The van der Waals surface area contributed by atoms with Crippen LogP contribution in [0.5, 0.6) is 0 Å². The highest BCUT2D eigenvalue weighted by molar-refractivity contribution is 7.92. The number of anilines is 1. The van der Waals surface area contributed by atoms with E-state index in [0.717, 1.165) is 27.5 Å². The first-order valence-electron chi connectivity index (χ1n) is 8.17. The molecule has 0 spiro atoms. The molecule has 1 heterocycles. The number of nitrogens with one attached hydrogen (secondary N) is 2. The van der Waals surface area contributed by atoms with E-state index in [4.69, 9.17) is 0 Å². The van der Waals surface area contributed by atoms with Gasteiger partial charge in [-0.25, -0.2) is 30.8 Å². The van der Waals surface area contributed by atoms with Crippen LogP contribution in [0.1, 0.15) is 20.9 Å². The van der Waals surface area contributed by atoms with Crippen LogP contribution in [0.15, 0.2) is 29.2 Å². The fourth-order valence-corrected chi connectivity index (χ4v) is 4.84. The molecule has 1 aromatic carbocycles. The Bertz CT molecular complexity index is 1060. The molecule has 1 amide bonds. The number of hydrogen-bond acceptors (Lipinski definition) is 7. The largest absolute Gasteiger partial charge is 0.350 e. The van der Waals surface area contributed by atoms with Crippen LogP contribution in [-0.4, -0.2) is 54.1 Å². The van der Waals surface area contributed by atoms with Gasteiger partial charge in [-0.3, -0.25) is 4.79 Å². The number of benzene rings is 1. The van der Waals surface area contributed by atoms with E-state index < -0.39 is 26.0 Å². The minimum Gasteiger partial charge on any atom is -0.350 e. The second-order valence-corrected chi connectivity index (χ2v) is 10.9. The van der Waals surface area contributed by atoms with Crippen molar-refractivity contribution in [1.29, 1.82) is 0 Å². The summed E-state index contributed by atoms with van der Waals surface area (Å²) in [5, 5.41) is 2.79. The molecule has 2 aromatic rings. The minimum atomic E-state index is -3.66. The lowest BCUT2D eigenvalue weighted by Crippen LogP contribution is -2.34. The Morgan fingerprint density at radius 2 is 1.71 bits per heavy atom. The summed E-state index contributed by atoms with van der Waals surface area (Å²) < 4.78 is 51.0. The van der Waals surface area contributed by atoms with Gasteiger partial charge in [0.25, 0.3) is 5.91 Å². The van der Waals surface area contributed by atoms with Crippen LogP contribution in [-0.2, 0) is 20.0 Å². The molecule has 0 bridgehead atoms. The van der Waals surface area contributed by atoms with Crippen LogP contribution in [0.4, 0.5) is 5.13 Å². The molecule has 0 saturated heterocycles. The van der Waals surface area contributed by atoms with Crippen molar-refractivity contribution in [1.82, 2.24) is 15.0 Å². The third kappa shape index (κ3) is 5.50. The first-order chi connectivity index (χ1) is 12.9. The quantitative estimate of drug-likeness (QED) is 0.580. The number of aryl methyl sites for hydroxylation is 2. The number of aromatic nitrogens is 1. The molecule has 0 unspecified atom stereocenters. The van der Waals surface area contributed by atoms with E-state index in [0.29, 0.717) is 5.69 Å². The second kappa shape index (κ2) is 8.55. The maximum absolute atomic E-state index is 12.3. The predicted octanol–water partition coefficient (Wildman–Crippen LogP) is 0.864. The van der Waals surface area contributed by atoms with Crippen LogP contribution in [0, 0.1) is 13.8 Å². The van der Waals surface area contributed by atoms with Crippen LogP contribution in [0.3, 0.4) is 0 Å². The summed E-state index contributed by atoms with van der Waals surface area (Å²) >= 11 is 0.949. The van der Waals surface area contributed by atoms with Gasteiger partial charge in [0, 0.05) is 20.1 Å². The lowest BCUT2D eigenvalue weighted by atomic mass is 10.2. The van der Waals surface area contributed by atoms with Crippen molar-refractivity contribution in [3.63, 3.8) is 0 Å². The van der Waals surface area contributed by atoms with Crippen molar-refractivity contribution in [3.05, 3.63) is 40.4 Å². The van der Waals surface area contributed by atoms with Gasteiger partial charge in [-0.2, -0.15) is 0 Å². The van der Waals surface area contributed by atoms with Gasteiger partial charge in [-0.05, 0) is 26.0 Å². The second-order valence-electron chi connectivity index (χ2n) is 6.11. The minimum absolute atomic E-state index is 0.00982. The highest BCUT2D eigenvalue weighted by atomic mass is 32.2. The van der Waals surface area contributed by atoms with Crippen molar-refractivity contribution in [2.75, 3.05) is 30.7 Å². The summed E-state index contributed by atoms with van der Waals surface area (Å²) in [5.41, 5.74) is 1.35. The standard InChI is InChI=1S/C16H22N4O5S3/c1-11-5-7-13(8-6-11)28(24,25)18-10-9-17-15(21)14-12(2)19-16(26-14)20(3)27(4,22)23/h5-8,18H,9-10H2,1-4H3,(H,17,21).